The molecule has 8 heteroatoms. The van der Waals surface area contributed by atoms with E-state index in [1.54, 1.807) is 19.2 Å². The number of carbonyl (C=O) groups excluding carboxylic acids is 1. The van der Waals surface area contributed by atoms with E-state index in [-0.39, 0.29) is 0 Å². The molecular weight excluding hydrogens is 354 g/mol. The van der Waals surface area contributed by atoms with Gasteiger partial charge in [-0.3, -0.25) is 4.79 Å². The highest BCUT2D eigenvalue weighted by molar-refractivity contribution is 5.85. The number of ether oxygens (including phenoxy) is 3. The second-order valence-electron chi connectivity index (χ2n) is 6.43. The Morgan fingerprint density at radius 1 is 1.11 bits per heavy atom. The van der Waals surface area contributed by atoms with Crippen LogP contribution in [0.15, 0.2) is 36.4 Å². The number of nitrogens with one attached hydrogen (secondary N) is 1. The Morgan fingerprint density at radius 3 is 2.33 bits per heavy atom. The maximum absolute atomic E-state index is 11.5. The van der Waals surface area contributed by atoms with E-state index in [0.717, 1.165) is 16.5 Å². The highest BCUT2D eigenvalue weighted by Crippen LogP contribution is 2.28. The number of hydrogen-bond donors (Lipinski definition) is 4. The number of benzene rings is 2. The van der Waals surface area contributed by atoms with Gasteiger partial charge < -0.3 is 34.8 Å². The summed E-state index contributed by atoms with van der Waals surface area (Å²) in [5.41, 5.74) is 0. The summed E-state index contributed by atoms with van der Waals surface area (Å²) in [4.78, 5) is 11.5. The lowest BCUT2D eigenvalue weighted by molar-refractivity contribution is -0.244. The number of rotatable bonds is 5. The van der Waals surface area contributed by atoms with E-state index in [2.05, 4.69) is 5.32 Å². The maximum atomic E-state index is 11.5. The molecule has 0 bridgehead atoms. The molecule has 0 aliphatic carbocycles. The lowest BCUT2D eigenvalue weighted by Gasteiger charge is -2.42. The summed E-state index contributed by atoms with van der Waals surface area (Å²) in [6.07, 6.45) is -4.81. The number of carbonyl (C=O) groups is 1. The van der Waals surface area contributed by atoms with E-state index >= 15 is 0 Å². The molecule has 1 amide bonds. The molecule has 5 unspecified atom stereocenters. The fraction of sp³-hybridized carbons (Fsp3) is 0.421. The second kappa shape index (κ2) is 8.10. The number of methoxy groups -OCH3 is 1. The molecule has 0 spiro atoms. The molecule has 0 saturated carbocycles. The van der Waals surface area contributed by atoms with Crippen LogP contribution in [0.3, 0.4) is 0 Å². The fourth-order valence-electron chi connectivity index (χ4n) is 3.11. The van der Waals surface area contributed by atoms with Crippen LogP contribution in [-0.2, 0) is 9.53 Å². The Labute approximate surface area is 156 Å². The van der Waals surface area contributed by atoms with Crippen molar-refractivity contribution in [2.24, 2.45) is 0 Å². The Hall–Kier alpha value is -2.39. The van der Waals surface area contributed by atoms with Crippen molar-refractivity contribution in [2.45, 2.75) is 37.6 Å². The van der Waals surface area contributed by atoms with Crippen molar-refractivity contribution in [1.82, 2.24) is 5.32 Å². The topological polar surface area (TPSA) is 117 Å². The van der Waals surface area contributed by atoms with Crippen LogP contribution in [-0.4, -0.2) is 65.6 Å². The van der Waals surface area contributed by atoms with Crippen molar-refractivity contribution in [3.63, 3.8) is 0 Å². The minimum atomic E-state index is -1.35. The monoisotopic (exact) mass is 377 g/mol. The van der Waals surface area contributed by atoms with Gasteiger partial charge in [0.25, 0.3) is 0 Å². The molecule has 3 rings (SSSR count). The van der Waals surface area contributed by atoms with Gasteiger partial charge in [-0.15, -0.1) is 0 Å². The van der Waals surface area contributed by atoms with Crippen LogP contribution in [0.2, 0.25) is 0 Å². The van der Waals surface area contributed by atoms with Gasteiger partial charge in [-0.05, 0) is 35.0 Å². The quantitative estimate of drug-likeness (QED) is 0.587. The average molecular weight is 377 g/mol. The van der Waals surface area contributed by atoms with Gasteiger partial charge in [0, 0.05) is 6.92 Å². The molecule has 1 saturated heterocycles. The summed E-state index contributed by atoms with van der Waals surface area (Å²) in [7, 11) is 1.60. The third-order valence-corrected chi connectivity index (χ3v) is 4.52. The molecule has 1 aliphatic rings. The molecule has 27 heavy (non-hydrogen) atoms. The Balaban J connectivity index is 1.85. The smallest absolute Gasteiger partial charge is 0.223 e. The first-order valence-corrected chi connectivity index (χ1v) is 8.57. The zero-order chi connectivity index (χ0) is 19.6. The molecule has 1 fully saturated rings. The highest BCUT2D eigenvalue weighted by atomic mass is 16.7. The molecule has 5 atom stereocenters. The van der Waals surface area contributed by atoms with Crippen LogP contribution >= 0.6 is 0 Å². The molecule has 1 heterocycles. The van der Waals surface area contributed by atoms with Gasteiger partial charge in [-0.25, -0.2) is 0 Å². The normalized spacial score (nSPS) is 28.0. The van der Waals surface area contributed by atoms with Crippen molar-refractivity contribution >= 4 is 16.7 Å². The van der Waals surface area contributed by atoms with Gasteiger partial charge in [-0.1, -0.05) is 12.1 Å². The van der Waals surface area contributed by atoms with Gasteiger partial charge in [0.05, 0.1) is 13.7 Å². The number of hydrogen-bond acceptors (Lipinski definition) is 7. The molecule has 2 aromatic carbocycles. The number of fused-ring (bicyclic) bond motifs is 1. The number of aliphatic hydroxyl groups is 3. The van der Waals surface area contributed by atoms with E-state index in [1.165, 1.54) is 6.92 Å². The third-order valence-electron chi connectivity index (χ3n) is 4.52. The van der Waals surface area contributed by atoms with Crippen LogP contribution in [0.4, 0.5) is 0 Å². The van der Waals surface area contributed by atoms with Crippen molar-refractivity contribution < 1.29 is 34.3 Å². The Bertz CT molecular complexity index is 812. The van der Waals surface area contributed by atoms with Crippen molar-refractivity contribution in [1.29, 1.82) is 0 Å². The summed E-state index contributed by atoms with van der Waals surface area (Å²) < 4.78 is 16.6. The summed E-state index contributed by atoms with van der Waals surface area (Å²) in [5.74, 6) is 0.783. The minimum absolute atomic E-state index is 0.406. The first-order chi connectivity index (χ1) is 12.9. The SMILES string of the molecule is COc1ccc2cc(OC3OC(CO)C(O)C(O)C3NC(C)=O)ccc2c1. The average Bonchev–Trinajstić information content (AvgIpc) is 2.66. The van der Waals surface area contributed by atoms with Crippen LogP contribution in [0, 0.1) is 0 Å². The standard InChI is InChI=1S/C19H23NO7/c1-10(22)20-16-18(24)17(23)15(9-21)27-19(16)26-14-6-4-11-7-13(25-2)5-3-12(11)8-14/h3-8,15-19,21,23-24H,9H2,1-2H3,(H,20,22). The largest absolute Gasteiger partial charge is 0.497 e. The summed E-state index contributed by atoms with van der Waals surface area (Å²) in [6, 6.07) is 9.95. The van der Waals surface area contributed by atoms with E-state index in [1.807, 2.05) is 24.3 Å². The van der Waals surface area contributed by atoms with Crippen molar-refractivity contribution in [3.05, 3.63) is 36.4 Å². The molecule has 2 aromatic rings. The molecule has 146 valence electrons. The molecule has 0 radical (unpaired) electrons. The van der Waals surface area contributed by atoms with Crippen LogP contribution < -0.4 is 14.8 Å². The molecule has 8 nitrogen and oxygen atoms in total. The van der Waals surface area contributed by atoms with Gasteiger partial charge in [0.2, 0.25) is 12.2 Å². The first kappa shape index (κ1) is 19.4. The van der Waals surface area contributed by atoms with Crippen molar-refractivity contribution in [2.75, 3.05) is 13.7 Å². The van der Waals surface area contributed by atoms with E-state index in [0.29, 0.717) is 5.75 Å². The van der Waals surface area contributed by atoms with Gasteiger partial charge >= 0.3 is 0 Å². The second-order valence-corrected chi connectivity index (χ2v) is 6.43. The van der Waals surface area contributed by atoms with E-state index in [4.69, 9.17) is 14.2 Å². The maximum Gasteiger partial charge on any atom is 0.223 e. The van der Waals surface area contributed by atoms with E-state index in [9.17, 15) is 20.1 Å². The molecule has 1 aliphatic heterocycles. The lowest BCUT2D eigenvalue weighted by atomic mass is 9.97. The van der Waals surface area contributed by atoms with Crippen LogP contribution in [0.25, 0.3) is 10.8 Å². The zero-order valence-electron chi connectivity index (χ0n) is 15.0. The van der Waals surface area contributed by atoms with Gasteiger partial charge in [0.15, 0.2) is 0 Å². The van der Waals surface area contributed by atoms with Crippen molar-refractivity contribution in [3.8, 4) is 11.5 Å². The summed E-state index contributed by atoms with van der Waals surface area (Å²) in [6.45, 7) is 0.792. The fourth-order valence-corrected chi connectivity index (χ4v) is 3.11. The Morgan fingerprint density at radius 2 is 1.74 bits per heavy atom. The Kier molecular flexibility index (Phi) is 5.81. The van der Waals surface area contributed by atoms with Crippen LogP contribution in [0.5, 0.6) is 11.5 Å². The zero-order valence-corrected chi connectivity index (χ0v) is 15.0. The third kappa shape index (κ3) is 4.14. The predicted octanol–water partition coefficient (Wildman–Crippen LogP) is 0.171. The van der Waals surface area contributed by atoms with Crippen LogP contribution in [0.1, 0.15) is 6.92 Å². The lowest BCUT2D eigenvalue weighted by Crippen LogP contribution is -2.65. The van der Waals surface area contributed by atoms with Gasteiger partial charge in [0.1, 0.15) is 35.9 Å². The molecule has 0 aromatic heterocycles. The summed E-state index contributed by atoms with van der Waals surface area (Å²) >= 11 is 0. The van der Waals surface area contributed by atoms with E-state index < -0.39 is 43.2 Å². The first-order valence-electron chi connectivity index (χ1n) is 8.57. The minimum Gasteiger partial charge on any atom is -0.497 e. The predicted molar refractivity (Wildman–Crippen MR) is 96.5 cm³/mol. The molecular formula is C19H23NO7. The highest BCUT2D eigenvalue weighted by Gasteiger charge is 2.46. The number of aliphatic hydroxyl groups excluding tert-OH is 3. The number of amides is 1. The summed E-state index contributed by atoms with van der Waals surface area (Å²) in [5, 5.41) is 34.1. The van der Waals surface area contributed by atoms with Gasteiger partial charge in [-0.2, -0.15) is 0 Å². The molecule has 4 N–H and O–H groups in total.